The van der Waals surface area contributed by atoms with Gasteiger partial charge in [-0.05, 0) is 37.1 Å². The van der Waals surface area contributed by atoms with E-state index in [1.807, 2.05) is 30.3 Å². The number of hydrogen-bond donors (Lipinski definition) is 1. The van der Waals surface area contributed by atoms with Crippen LogP contribution in [0.3, 0.4) is 0 Å². The Morgan fingerprint density at radius 1 is 0.885 bits per heavy atom. The van der Waals surface area contributed by atoms with E-state index in [0.717, 1.165) is 12.1 Å². The summed E-state index contributed by atoms with van der Waals surface area (Å²) in [5.74, 6) is 0.606. The molecule has 1 aliphatic rings. The van der Waals surface area contributed by atoms with Crippen LogP contribution in [0.5, 0.6) is 0 Å². The number of likely N-dealkylation sites (tertiary alicyclic amines) is 1. The van der Waals surface area contributed by atoms with Gasteiger partial charge in [-0.1, -0.05) is 66.2 Å². The highest BCUT2D eigenvalue weighted by atomic mass is 16.5. The van der Waals surface area contributed by atoms with Crippen molar-refractivity contribution in [3.05, 3.63) is 65.7 Å². The lowest BCUT2D eigenvalue weighted by Crippen LogP contribution is -2.29. The van der Waals surface area contributed by atoms with Crippen molar-refractivity contribution in [2.45, 2.75) is 32.4 Å². The smallest absolute Gasteiger partial charge is 0.322 e. The maximum absolute atomic E-state index is 5.35. The third kappa shape index (κ3) is 4.11. The van der Waals surface area contributed by atoms with E-state index in [0.29, 0.717) is 18.4 Å². The van der Waals surface area contributed by atoms with E-state index in [1.165, 1.54) is 43.5 Å². The molecule has 1 aromatic heterocycles. The number of nitrogens with zero attached hydrogens (tertiary/aromatic N) is 3. The summed E-state index contributed by atoms with van der Waals surface area (Å²) in [6, 6.07) is 18.9. The Labute approximate surface area is 154 Å². The Morgan fingerprint density at radius 3 is 2.42 bits per heavy atom. The van der Waals surface area contributed by atoms with Gasteiger partial charge in [0.1, 0.15) is 0 Å². The van der Waals surface area contributed by atoms with Gasteiger partial charge in [0.25, 0.3) is 0 Å². The topological polar surface area (TPSA) is 54.2 Å². The summed E-state index contributed by atoms with van der Waals surface area (Å²) in [7, 11) is 0. The number of nitrogens with one attached hydrogen (secondary N) is 1. The SMILES string of the molecule is c1ccc(-c2noc(NCc3ccccc3CN3CCCCC3)n2)cc1. The molecule has 2 aromatic carbocycles. The van der Waals surface area contributed by atoms with Crippen molar-refractivity contribution in [1.82, 2.24) is 15.0 Å². The van der Waals surface area contributed by atoms with E-state index in [4.69, 9.17) is 4.52 Å². The van der Waals surface area contributed by atoms with Gasteiger partial charge < -0.3 is 9.84 Å². The maximum atomic E-state index is 5.35. The van der Waals surface area contributed by atoms with E-state index in [9.17, 15) is 0 Å². The molecule has 0 unspecified atom stereocenters. The van der Waals surface area contributed by atoms with Crippen LogP contribution in [0.1, 0.15) is 30.4 Å². The van der Waals surface area contributed by atoms with Gasteiger partial charge >= 0.3 is 6.01 Å². The molecule has 26 heavy (non-hydrogen) atoms. The molecule has 1 aliphatic heterocycles. The normalized spacial score (nSPS) is 15.1. The Balaban J connectivity index is 1.41. The zero-order chi connectivity index (χ0) is 17.6. The first kappa shape index (κ1) is 16.8. The second-order valence-corrected chi connectivity index (χ2v) is 6.75. The zero-order valence-corrected chi connectivity index (χ0v) is 14.9. The highest BCUT2D eigenvalue weighted by Gasteiger charge is 2.13. The minimum Gasteiger partial charge on any atom is -0.334 e. The molecule has 1 saturated heterocycles. The summed E-state index contributed by atoms with van der Waals surface area (Å²) in [5.41, 5.74) is 3.59. The molecule has 3 aromatic rings. The molecule has 5 nitrogen and oxygen atoms in total. The summed E-state index contributed by atoms with van der Waals surface area (Å²) in [6.07, 6.45) is 3.98. The fraction of sp³-hybridized carbons (Fsp3) is 0.333. The summed E-state index contributed by atoms with van der Waals surface area (Å²) < 4.78 is 5.35. The molecule has 1 fully saturated rings. The lowest BCUT2D eigenvalue weighted by Gasteiger charge is -2.27. The first-order valence-corrected chi connectivity index (χ1v) is 9.30. The molecular formula is C21H24N4O. The first-order valence-electron chi connectivity index (χ1n) is 9.30. The van der Waals surface area contributed by atoms with Crippen LogP contribution in [0.2, 0.25) is 0 Å². The third-order valence-electron chi connectivity index (χ3n) is 4.85. The van der Waals surface area contributed by atoms with Gasteiger partial charge in [-0.15, -0.1) is 0 Å². The van der Waals surface area contributed by atoms with Crippen molar-refractivity contribution in [2.24, 2.45) is 0 Å². The monoisotopic (exact) mass is 348 g/mol. The van der Waals surface area contributed by atoms with Crippen LogP contribution in [0.25, 0.3) is 11.4 Å². The lowest BCUT2D eigenvalue weighted by molar-refractivity contribution is 0.220. The van der Waals surface area contributed by atoms with E-state index < -0.39 is 0 Å². The lowest BCUT2D eigenvalue weighted by atomic mass is 10.0. The van der Waals surface area contributed by atoms with Crippen molar-refractivity contribution >= 4 is 6.01 Å². The Morgan fingerprint density at radius 2 is 1.62 bits per heavy atom. The molecule has 2 heterocycles. The first-order chi connectivity index (χ1) is 12.9. The molecule has 0 bridgehead atoms. The van der Waals surface area contributed by atoms with Gasteiger partial charge in [-0.25, -0.2) is 0 Å². The predicted octanol–water partition coefficient (Wildman–Crippen LogP) is 4.33. The van der Waals surface area contributed by atoms with Crippen LogP contribution in [0.4, 0.5) is 6.01 Å². The van der Waals surface area contributed by atoms with Gasteiger partial charge in [0.15, 0.2) is 0 Å². The molecule has 0 saturated carbocycles. The summed E-state index contributed by atoms with van der Waals surface area (Å²) in [5, 5.41) is 7.33. The van der Waals surface area contributed by atoms with Crippen molar-refractivity contribution in [3.8, 4) is 11.4 Å². The van der Waals surface area contributed by atoms with Crippen molar-refractivity contribution in [3.63, 3.8) is 0 Å². The second kappa shape index (κ2) is 8.15. The van der Waals surface area contributed by atoms with Crippen LogP contribution in [0, 0.1) is 0 Å². The van der Waals surface area contributed by atoms with E-state index in [-0.39, 0.29) is 0 Å². The molecule has 0 amide bonds. The van der Waals surface area contributed by atoms with Crippen molar-refractivity contribution < 1.29 is 4.52 Å². The van der Waals surface area contributed by atoms with Crippen molar-refractivity contribution in [2.75, 3.05) is 18.4 Å². The molecule has 1 N–H and O–H groups in total. The maximum Gasteiger partial charge on any atom is 0.322 e. The molecule has 5 heteroatoms. The number of anilines is 1. The van der Waals surface area contributed by atoms with E-state index in [2.05, 4.69) is 44.6 Å². The zero-order valence-electron chi connectivity index (χ0n) is 14.9. The van der Waals surface area contributed by atoms with Crippen molar-refractivity contribution in [1.29, 1.82) is 0 Å². The van der Waals surface area contributed by atoms with Gasteiger partial charge in [-0.2, -0.15) is 4.98 Å². The number of piperidine rings is 1. The Kier molecular flexibility index (Phi) is 5.26. The third-order valence-corrected chi connectivity index (χ3v) is 4.85. The highest BCUT2D eigenvalue weighted by molar-refractivity contribution is 5.54. The molecule has 0 radical (unpaired) electrons. The van der Waals surface area contributed by atoms with Gasteiger partial charge in [0, 0.05) is 18.7 Å². The molecule has 0 aliphatic carbocycles. The van der Waals surface area contributed by atoms with Crippen LogP contribution in [0.15, 0.2) is 59.1 Å². The van der Waals surface area contributed by atoms with Gasteiger partial charge in [0.2, 0.25) is 5.82 Å². The largest absolute Gasteiger partial charge is 0.334 e. The highest BCUT2D eigenvalue weighted by Crippen LogP contribution is 2.19. The van der Waals surface area contributed by atoms with Crippen LogP contribution in [-0.2, 0) is 13.1 Å². The fourth-order valence-corrected chi connectivity index (χ4v) is 3.41. The number of hydrogen-bond acceptors (Lipinski definition) is 5. The Hall–Kier alpha value is -2.66. The van der Waals surface area contributed by atoms with Gasteiger partial charge in [0.05, 0.1) is 0 Å². The second-order valence-electron chi connectivity index (χ2n) is 6.75. The number of aromatic nitrogens is 2. The summed E-state index contributed by atoms with van der Waals surface area (Å²) in [6.45, 7) is 4.09. The number of rotatable bonds is 6. The molecule has 4 rings (SSSR count). The van der Waals surface area contributed by atoms with Crippen LogP contribution >= 0.6 is 0 Å². The summed E-state index contributed by atoms with van der Waals surface area (Å²) >= 11 is 0. The minimum absolute atomic E-state index is 0.455. The molecule has 134 valence electrons. The van der Waals surface area contributed by atoms with Gasteiger partial charge in [-0.3, -0.25) is 4.90 Å². The number of benzene rings is 2. The average Bonchev–Trinajstić information content (AvgIpc) is 3.18. The molecular weight excluding hydrogens is 324 g/mol. The molecule has 0 atom stereocenters. The van der Waals surface area contributed by atoms with E-state index in [1.54, 1.807) is 0 Å². The quantitative estimate of drug-likeness (QED) is 0.718. The van der Waals surface area contributed by atoms with Crippen LogP contribution < -0.4 is 5.32 Å². The van der Waals surface area contributed by atoms with E-state index >= 15 is 0 Å². The summed E-state index contributed by atoms with van der Waals surface area (Å²) in [4.78, 5) is 6.99. The average molecular weight is 348 g/mol. The van der Waals surface area contributed by atoms with Crippen LogP contribution in [-0.4, -0.2) is 28.1 Å². The Bertz CT molecular complexity index is 825. The predicted molar refractivity (Wildman–Crippen MR) is 103 cm³/mol. The standard InChI is InChI=1S/C21H24N4O/c1-3-9-17(10-4-1)20-23-21(26-24-20)22-15-18-11-5-6-12-19(18)16-25-13-7-2-8-14-25/h1,3-6,9-12H,2,7-8,13-16H2,(H,22,23,24). The minimum atomic E-state index is 0.455. The molecule has 0 spiro atoms. The fourth-order valence-electron chi connectivity index (χ4n) is 3.41.